The normalized spacial score (nSPS) is 16.5. The van der Waals surface area contributed by atoms with Crippen LogP contribution in [0.1, 0.15) is 42.5 Å². The van der Waals surface area contributed by atoms with Gasteiger partial charge in [0.15, 0.2) is 5.75 Å². The molecule has 2 rings (SSSR count). The van der Waals surface area contributed by atoms with E-state index in [0.717, 1.165) is 44.2 Å². The quantitative estimate of drug-likeness (QED) is 0.654. The summed E-state index contributed by atoms with van der Waals surface area (Å²) in [6.07, 6.45) is 5.07. The topological polar surface area (TPSA) is 116 Å². The number of nitrogens with zero attached hydrogens (tertiary/aromatic N) is 2. The number of nitrogens with one attached hydrogen (secondary N) is 1. The number of carbonyl (C=O) groups is 1. The number of nitro benzene ring substituents is 1. The zero-order valence-corrected chi connectivity index (χ0v) is 12.0. The molecule has 1 aromatic carbocycles. The number of nitriles is 1. The maximum absolute atomic E-state index is 12.1. The Hall–Kier alpha value is -2.62. The summed E-state index contributed by atoms with van der Waals surface area (Å²) < 4.78 is 0. The highest BCUT2D eigenvalue weighted by Crippen LogP contribution is 2.28. The van der Waals surface area contributed by atoms with Gasteiger partial charge in [-0.2, -0.15) is 5.26 Å². The van der Waals surface area contributed by atoms with Gasteiger partial charge in [-0.15, -0.1) is 0 Å². The predicted molar refractivity (Wildman–Crippen MR) is 78.2 cm³/mol. The van der Waals surface area contributed by atoms with Crippen molar-refractivity contribution in [2.75, 3.05) is 0 Å². The molecule has 0 aromatic heterocycles. The van der Waals surface area contributed by atoms with Crippen LogP contribution < -0.4 is 5.32 Å². The Labute approximate surface area is 127 Å². The fourth-order valence-electron chi connectivity index (χ4n) is 2.77. The standard InChI is InChI=1S/C15H17N3O4/c16-9-12(10-4-2-1-3-5-10)17-15(20)11-6-7-13(18(21)22)14(19)8-11/h6-8,10,12,19H,1-5H2,(H,17,20)/t12-/m1/s1. The van der Waals surface area contributed by atoms with E-state index in [1.54, 1.807) is 0 Å². The van der Waals surface area contributed by atoms with Crippen LogP contribution in [0, 0.1) is 27.4 Å². The number of hydrogen-bond donors (Lipinski definition) is 2. The molecule has 1 saturated carbocycles. The van der Waals surface area contributed by atoms with Gasteiger partial charge >= 0.3 is 5.69 Å². The van der Waals surface area contributed by atoms with Crippen LogP contribution in [0.15, 0.2) is 18.2 Å². The summed E-state index contributed by atoms with van der Waals surface area (Å²) in [5, 5.41) is 32.1. The van der Waals surface area contributed by atoms with E-state index in [0.29, 0.717) is 0 Å². The molecule has 1 aliphatic rings. The number of carbonyl (C=O) groups excluding carboxylic acids is 1. The molecule has 1 aliphatic carbocycles. The molecular formula is C15H17N3O4. The molecule has 0 unspecified atom stereocenters. The zero-order chi connectivity index (χ0) is 16.1. The van der Waals surface area contributed by atoms with Crippen molar-refractivity contribution in [3.05, 3.63) is 33.9 Å². The van der Waals surface area contributed by atoms with Crippen molar-refractivity contribution in [1.29, 1.82) is 5.26 Å². The molecular weight excluding hydrogens is 286 g/mol. The molecule has 2 N–H and O–H groups in total. The molecule has 1 fully saturated rings. The molecule has 0 spiro atoms. The van der Waals surface area contributed by atoms with Crippen molar-refractivity contribution in [1.82, 2.24) is 5.32 Å². The van der Waals surface area contributed by atoms with E-state index in [-0.39, 0.29) is 11.5 Å². The lowest BCUT2D eigenvalue weighted by atomic mass is 9.84. The van der Waals surface area contributed by atoms with Gasteiger partial charge in [-0.25, -0.2) is 0 Å². The first-order valence-electron chi connectivity index (χ1n) is 7.21. The summed E-state index contributed by atoms with van der Waals surface area (Å²) in [5.41, 5.74) is -0.361. The molecule has 1 aromatic rings. The molecule has 0 radical (unpaired) electrons. The van der Waals surface area contributed by atoms with Gasteiger partial charge in [-0.3, -0.25) is 14.9 Å². The van der Waals surface area contributed by atoms with Gasteiger partial charge in [-0.05, 0) is 30.9 Å². The summed E-state index contributed by atoms with van der Waals surface area (Å²) in [6.45, 7) is 0. The smallest absolute Gasteiger partial charge is 0.310 e. The molecule has 7 nitrogen and oxygen atoms in total. The fraction of sp³-hybridized carbons (Fsp3) is 0.467. The van der Waals surface area contributed by atoms with Crippen LogP contribution in [0.5, 0.6) is 5.75 Å². The fourth-order valence-corrected chi connectivity index (χ4v) is 2.77. The van der Waals surface area contributed by atoms with E-state index in [1.165, 1.54) is 6.07 Å². The summed E-state index contributed by atoms with van der Waals surface area (Å²) in [7, 11) is 0. The SMILES string of the molecule is N#C[C@@H](NC(=O)c1ccc([N+](=O)[O-])c(O)c1)C1CCCCC1. The van der Waals surface area contributed by atoms with Crippen LogP contribution in [0.4, 0.5) is 5.69 Å². The number of rotatable bonds is 4. The van der Waals surface area contributed by atoms with Gasteiger partial charge < -0.3 is 10.4 Å². The van der Waals surface area contributed by atoms with Crippen LogP contribution in [-0.4, -0.2) is 22.0 Å². The monoisotopic (exact) mass is 303 g/mol. The van der Waals surface area contributed by atoms with E-state index >= 15 is 0 Å². The van der Waals surface area contributed by atoms with E-state index in [1.807, 2.05) is 0 Å². The van der Waals surface area contributed by atoms with Crippen LogP contribution in [0.25, 0.3) is 0 Å². The van der Waals surface area contributed by atoms with E-state index < -0.39 is 28.3 Å². The van der Waals surface area contributed by atoms with Gasteiger partial charge in [-0.1, -0.05) is 19.3 Å². The highest BCUT2D eigenvalue weighted by molar-refractivity contribution is 5.95. The van der Waals surface area contributed by atoms with Crippen molar-refractivity contribution < 1.29 is 14.8 Å². The van der Waals surface area contributed by atoms with Crippen LogP contribution in [0.3, 0.4) is 0 Å². The Balaban J connectivity index is 2.09. The molecule has 7 heteroatoms. The average Bonchev–Trinajstić information content (AvgIpc) is 2.52. The minimum Gasteiger partial charge on any atom is -0.502 e. The van der Waals surface area contributed by atoms with Gasteiger partial charge in [0.05, 0.1) is 11.0 Å². The summed E-state index contributed by atoms with van der Waals surface area (Å²) in [4.78, 5) is 22.1. The lowest BCUT2D eigenvalue weighted by Gasteiger charge is -2.26. The lowest BCUT2D eigenvalue weighted by Crippen LogP contribution is -2.40. The number of phenolic OH excluding ortho intramolecular Hbond substituents is 1. The Bertz CT molecular complexity index is 618. The number of amides is 1. The van der Waals surface area contributed by atoms with Crippen molar-refractivity contribution >= 4 is 11.6 Å². The van der Waals surface area contributed by atoms with Crippen molar-refractivity contribution in [2.45, 2.75) is 38.1 Å². The maximum Gasteiger partial charge on any atom is 0.310 e. The lowest BCUT2D eigenvalue weighted by molar-refractivity contribution is -0.385. The molecule has 0 saturated heterocycles. The third-order valence-corrected chi connectivity index (χ3v) is 3.98. The highest BCUT2D eigenvalue weighted by Gasteiger charge is 2.26. The van der Waals surface area contributed by atoms with Crippen molar-refractivity contribution in [3.8, 4) is 11.8 Å². The number of benzene rings is 1. The van der Waals surface area contributed by atoms with E-state index in [9.17, 15) is 25.3 Å². The number of phenols is 1. The largest absolute Gasteiger partial charge is 0.502 e. The van der Waals surface area contributed by atoms with Gasteiger partial charge in [0, 0.05) is 11.6 Å². The molecule has 116 valence electrons. The second-order valence-electron chi connectivity index (χ2n) is 5.44. The van der Waals surface area contributed by atoms with Gasteiger partial charge in [0.2, 0.25) is 0 Å². The highest BCUT2D eigenvalue weighted by atomic mass is 16.6. The molecule has 1 amide bonds. The van der Waals surface area contributed by atoms with Crippen molar-refractivity contribution in [3.63, 3.8) is 0 Å². The third kappa shape index (κ3) is 3.52. The van der Waals surface area contributed by atoms with Crippen molar-refractivity contribution in [2.24, 2.45) is 5.92 Å². The Morgan fingerprint density at radius 3 is 2.64 bits per heavy atom. The Morgan fingerprint density at radius 2 is 2.09 bits per heavy atom. The summed E-state index contributed by atoms with van der Waals surface area (Å²) in [5.74, 6) is -0.944. The van der Waals surface area contributed by atoms with Crippen LogP contribution in [-0.2, 0) is 0 Å². The predicted octanol–water partition coefficient (Wildman–Crippen LogP) is 2.50. The molecule has 0 aliphatic heterocycles. The molecule has 0 heterocycles. The zero-order valence-electron chi connectivity index (χ0n) is 12.0. The molecule has 1 atom stereocenters. The first-order chi connectivity index (χ1) is 10.5. The molecule has 0 bridgehead atoms. The Morgan fingerprint density at radius 1 is 1.41 bits per heavy atom. The second-order valence-corrected chi connectivity index (χ2v) is 5.44. The average molecular weight is 303 g/mol. The van der Waals surface area contributed by atoms with E-state index in [2.05, 4.69) is 11.4 Å². The minimum atomic E-state index is -0.725. The first kappa shape index (κ1) is 15.8. The van der Waals surface area contributed by atoms with Crippen LogP contribution in [0.2, 0.25) is 0 Å². The third-order valence-electron chi connectivity index (χ3n) is 3.98. The van der Waals surface area contributed by atoms with Gasteiger partial charge in [0.25, 0.3) is 5.91 Å². The Kier molecular flexibility index (Phi) is 4.94. The minimum absolute atomic E-state index is 0.0964. The van der Waals surface area contributed by atoms with E-state index in [4.69, 9.17) is 0 Å². The van der Waals surface area contributed by atoms with Gasteiger partial charge in [0.1, 0.15) is 6.04 Å². The summed E-state index contributed by atoms with van der Waals surface area (Å²) >= 11 is 0. The van der Waals surface area contributed by atoms with Crippen LogP contribution >= 0.6 is 0 Å². The second kappa shape index (κ2) is 6.89. The number of aromatic hydroxyl groups is 1. The summed E-state index contributed by atoms with van der Waals surface area (Å²) in [6, 6.07) is 4.92. The molecule has 22 heavy (non-hydrogen) atoms. The number of nitro groups is 1. The maximum atomic E-state index is 12.1. The number of hydrogen-bond acceptors (Lipinski definition) is 5. The first-order valence-corrected chi connectivity index (χ1v) is 7.21.